The molecular formula is C24H25ClFN3O3. The molecule has 0 bridgehead atoms. The van der Waals surface area contributed by atoms with Crippen molar-refractivity contribution < 1.29 is 19.0 Å². The van der Waals surface area contributed by atoms with E-state index in [0.29, 0.717) is 16.5 Å². The summed E-state index contributed by atoms with van der Waals surface area (Å²) in [7, 11) is 0. The second kappa shape index (κ2) is 10.2. The molecule has 3 aromatic carbocycles. The van der Waals surface area contributed by atoms with E-state index in [1.807, 2.05) is 12.1 Å². The van der Waals surface area contributed by atoms with Gasteiger partial charge in [-0.05, 0) is 53.1 Å². The standard InChI is InChI=1S/C24H25ClFN3O3/c25-22-6-5-21(32-10-9-30)13-23(22)28-24(31)27-20-7-8-29(15-20)14-16-1-2-18-12-19(26)4-3-17(18)11-16/h1-6,11-13,20,30H,7-10,14-15H2,(H2,27,28,31)/t20-/m1/s1. The maximum atomic E-state index is 13.4. The fourth-order valence-electron chi connectivity index (χ4n) is 3.91. The first kappa shape index (κ1) is 22.3. The van der Waals surface area contributed by atoms with E-state index in [0.717, 1.165) is 42.4 Å². The Hall–Kier alpha value is -2.87. The Morgan fingerprint density at radius 1 is 1.16 bits per heavy atom. The van der Waals surface area contributed by atoms with Gasteiger partial charge in [-0.1, -0.05) is 29.8 Å². The van der Waals surface area contributed by atoms with Crippen molar-refractivity contribution >= 4 is 34.1 Å². The van der Waals surface area contributed by atoms with Gasteiger partial charge in [-0.3, -0.25) is 4.90 Å². The minimum absolute atomic E-state index is 0.0251. The third-order valence-electron chi connectivity index (χ3n) is 5.43. The average Bonchev–Trinajstić information content (AvgIpc) is 3.20. The number of carbonyl (C=O) groups excluding carboxylic acids is 1. The van der Waals surface area contributed by atoms with Crippen molar-refractivity contribution in [3.05, 3.63) is 71.0 Å². The van der Waals surface area contributed by atoms with Gasteiger partial charge >= 0.3 is 6.03 Å². The van der Waals surface area contributed by atoms with Crippen LogP contribution in [0.25, 0.3) is 10.8 Å². The number of amides is 2. The zero-order chi connectivity index (χ0) is 22.5. The second-order valence-electron chi connectivity index (χ2n) is 7.86. The van der Waals surface area contributed by atoms with Crippen LogP contribution in [0.2, 0.25) is 5.02 Å². The topological polar surface area (TPSA) is 73.8 Å². The van der Waals surface area contributed by atoms with E-state index in [1.165, 1.54) is 12.1 Å². The van der Waals surface area contributed by atoms with Gasteiger partial charge in [0.05, 0.1) is 17.3 Å². The summed E-state index contributed by atoms with van der Waals surface area (Å²) in [4.78, 5) is 14.8. The van der Waals surface area contributed by atoms with Gasteiger partial charge in [-0.25, -0.2) is 9.18 Å². The van der Waals surface area contributed by atoms with Crippen LogP contribution in [0, 0.1) is 5.82 Å². The largest absolute Gasteiger partial charge is 0.491 e. The number of benzene rings is 3. The molecule has 0 unspecified atom stereocenters. The third-order valence-corrected chi connectivity index (χ3v) is 5.76. The molecular weight excluding hydrogens is 433 g/mol. The fourth-order valence-corrected chi connectivity index (χ4v) is 4.08. The molecule has 1 aliphatic heterocycles. The van der Waals surface area contributed by atoms with E-state index in [2.05, 4.69) is 21.6 Å². The van der Waals surface area contributed by atoms with Gasteiger partial charge in [-0.2, -0.15) is 0 Å². The van der Waals surface area contributed by atoms with E-state index >= 15 is 0 Å². The molecule has 0 aromatic heterocycles. The zero-order valence-electron chi connectivity index (χ0n) is 17.5. The number of anilines is 1. The van der Waals surface area contributed by atoms with Gasteiger partial charge < -0.3 is 20.5 Å². The molecule has 0 radical (unpaired) electrons. The summed E-state index contributed by atoms with van der Waals surface area (Å²) in [5.41, 5.74) is 1.60. The van der Waals surface area contributed by atoms with Crippen LogP contribution < -0.4 is 15.4 Å². The van der Waals surface area contributed by atoms with Crippen LogP contribution >= 0.6 is 11.6 Å². The molecule has 3 N–H and O–H groups in total. The number of carbonyl (C=O) groups is 1. The van der Waals surface area contributed by atoms with Crippen LogP contribution in [0.1, 0.15) is 12.0 Å². The summed E-state index contributed by atoms with van der Waals surface area (Å²) in [6.45, 7) is 2.45. The Morgan fingerprint density at radius 2 is 1.97 bits per heavy atom. The second-order valence-corrected chi connectivity index (χ2v) is 8.27. The molecule has 168 valence electrons. The lowest BCUT2D eigenvalue weighted by Gasteiger charge is -2.18. The predicted molar refractivity (Wildman–Crippen MR) is 124 cm³/mol. The number of ether oxygens (including phenoxy) is 1. The highest BCUT2D eigenvalue weighted by Crippen LogP contribution is 2.27. The third kappa shape index (κ3) is 5.68. The summed E-state index contributed by atoms with van der Waals surface area (Å²) >= 11 is 6.18. The lowest BCUT2D eigenvalue weighted by molar-refractivity contribution is 0.201. The molecule has 2 amide bonds. The van der Waals surface area contributed by atoms with Gasteiger partial charge in [0.25, 0.3) is 0 Å². The van der Waals surface area contributed by atoms with E-state index in [1.54, 1.807) is 24.3 Å². The van der Waals surface area contributed by atoms with E-state index in [-0.39, 0.29) is 31.1 Å². The average molecular weight is 458 g/mol. The van der Waals surface area contributed by atoms with E-state index in [9.17, 15) is 9.18 Å². The van der Waals surface area contributed by atoms with Gasteiger partial charge in [-0.15, -0.1) is 0 Å². The van der Waals surface area contributed by atoms with Crippen LogP contribution in [0.3, 0.4) is 0 Å². The van der Waals surface area contributed by atoms with Crippen molar-refractivity contribution in [2.24, 2.45) is 0 Å². The molecule has 1 fully saturated rings. The smallest absolute Gasteiger partial charge is 0.319 e. The maximum Gasteiger partial charge on any atom is 0.319 e. The van der Waals surface area contributed by atoms with Crippen LogP contribution in [0.4, 0.5) is 14.9 Å². The Balaban J connectivity index is 1.30. The number of fused-ring (bicyclic) bond motifs is 1. The fraction of sp³-hybridized carbons (Fsp3) is 0.292. The summed E-state index contributed by atoms with van der Waals surface area (Å²) in [5, 5.41) is 16.9. The number of nitrogens with zero attached hydrogens (tertiary/aromatic N) is 1. The molecule has 1 saturated heterocycles. The first-order valence-electron chi connectivity index (χ1n) is 10.5. The molecule has 4 rings (SSSR count). The molecule has 6 nitrogen and oxygen atoms in total. The number of rotatable bonds is 7. The Kier molecular flexibility index (Phi) is 7.09. The van der Waals surface area contributed by atoms with Crippen molar-refractivity contribution in [2.75, 3.05) is 31.6 Å². The van der Waals surface area contributed by atoms with E-state index in [4.69, 9.17) is 21.4 Å². The number of aliphatic hydroxyl groups excluding tert-OH is 1. The molecule has 1 aliphatic rings. The molecule has 0 aliphatic carbocycles. The summed E-state index contributed by atoms with van der Waals surface area (Å²) in [5.74, 6) is 0.284. The number of nitrogens with one attached hydrogen (secondary N) is 2. The first-order chi connectivity index (χ1) is 15.5. The number of aliphatic hydroxyl groups is 1. The molecule has 8 heteroatoms. The molecule has 1 heterocycles. The number of likely N-dealkylation sites (tertiary alicyclic amines) is 1. The van der Waals surface area contributed by atoms with Crippen molar-refractivity contribution in [2.45, 2.75) is 19.0 Å². The Morgan fingerprint density at radius 3 is 2.81 bits per heavy atom. The Labute approximate surface area is 190 Å². The van der Waals surface area contributed by atoms with Crippen molar-refractivity contribution in [1.29, 1.82) is 0 Å². The quantitative estimate of drug-likeness (QED) is 0.491. The number of urea groups is 1. The lowest BCUT2D eigenvalue weighted by Crippen LogP contribution is -2.39. The SMILES string of the molecule is O=C(Nc1cc(OCCO)ccc1Cl)N[C@@H]1CCN(Cc2ccc3cc(F)ccc3c2)C1. The summed E-state index contributed by atoms with van der Waals surface area (Å²) in [6, 6.07) is 15.5. The van der Waals surface area contributed by atoms with Crippen LogP contribution in [-0.4, -0.2) is 48.4 Å². The van der Waals surface area contributed by atoms with Gasteiger partial charge in [0, 0.05) is 31.7 Å². The van der Waals surface area contributed by atoms with Crippen LogP contribution in [0.15, 0.2) is 54.6 Å². The van der Waals surface area contributed by atoms with Crippen molar-refractivity contribution in [1.82, 2.24) is 10.2 Å². The minimum atomic E-state index is -0.328. The van der Waals surface area contributed by atoms with Crippen molar-refractivity contribution in [3.8, 4) is 5.75 Å². The van der Waals surface area contributed by atoms with E-state index < -0.39 is 0 Å². The maximum absolute atomic E-state index is 13.4. The molecule has 0 saturated carbocycles. The summed E-state index contributed by atoms with van der Waals surface area (Å²) < 4.78 is 18.7. The minimum Gasteiger partial charge on any atom is -0.491 e. The molecule has 0 spiro atoms. The highest BCUT2D eigenvalue weighted by Gasteiger charge is 2.24. The monoisotopic (exact) mass is 457 g/mol. The summed E-state index contributed by atoms with van der Waals surface area (Å²) in [6.07, 6.45) is 0.847. The molecule has 1 atom stereocenters. The first-order valence-corrected chi connectivity index (χ1v) is 10.9. The number of hydrogen-bond donors (Lipinski definition) is 3. The van der Waals surface area contributed by atoms with Gasteiger partial charge in [0.2, 0.25) is 0 Å². The van der Waals surface area contributed by atoms with Crippen molar-refractivity contribution in [3.63, 3.8) is 0 Å². The normalized spacial score (nSPS) is 16.3. The zero-order valence-corrected chi connectivity index (χ0v) is 18.2. The lowest BCUT2D eigenvalue weighted by atomic mass is 10.1. The predicted octanol–water partition coefficient (Wildman–Crippen LogP) is 4.40. The van der Waals surface area contributed by atoms with Crippen LogP contribution in [0.5, 0.6) is 5.75 Å². The van der Waals surface area contributed by atoms with Crippen LogP contribution in [-0.2, 0) is 6.54 Å². The number of hydrogen-bond acceptors (Lipinski definition) is 4. The number of halogens is 2. The highest BCUT2D eigenvalue weighted by atomic mass is 35.5. The van der Waals surface area contributed by atoms with Gasteiger partial charge in [0.15, 0.2) is 0 Å². The molecule has 3 aromatic rings. The highest BCUT2D eigenvalue weighted by molar-refractivity contribution is 6.33. The Bertz CT molecular complexity index is 1110. The van der Waals surface area contributed by atoms with Gasteiger partial charge in [0.1, 0.15) is 18.2 Å². The molecule has 32 heavy (non-hydrogen) atoms.